The minimum Gasteiger partial charge on any atom is -0.340 e. The summed E-state index contributed by atoms with van der Waals surface area (Å²) in [7, 11) is 0. The van der Waals surface area contributed by atoms with Crippen LogP contribution in [0.25, 0.3) is 21.8 Å². The number of aryl methyl sites for hydroxylation is 1. The highest BCUT2D eigenvalue weighted by molar-refractivity contribution is 6.10. The van der Waals surface area contributed by atoms with Crippen LogP contribution in [0.5, 0.6) is 0 Å². The summed E-state index contributed by atoms with van der Waals surface area (Å²) in [6.45, 7) is 6.42. The number of nitrogens with zero attached hydrogens (tertiary/aromatic N) is 1. The number of carbonyl (C=O) groups excluding carboxylic acids is 2. The van der Waals surface area contributed by atoms with Gasteiger partial charge in [-0.2, -0.15) is 0 Å². The van der Waals surface area contributed by atoms with Crippen molar-refractivity contribution >= 4 is 33.6 Å². The Morgan fingerprint density at radius 2 is 1.86 bits per heavy atom. The number of Topliss-reactive ketones (excluding diaryl/α,β-unsaturated/α-hetero) is 1. The van der Waals surface area contributed by atoms with Crippen molar-refractivity contribution < 1.29 is 9.59 Å². The molecule has 3 aromatic rings. The van der Waals surface area contributed by atoms with Gasteiger partial charge < -0.3 is 15.2 Å². The lowest BCUT2D eigenvalue weighted by atomic mass is 9.91. The van der Waals surface area contributed by atoms with Crippen molar-refractivity contribution in [2.45, 2.75) is 46.2 Å². The third-order valence-corrected chi connectivity index (χ3v) is 5.52. The number of nitrogens with one attached hydrogen (secondary N) is 2. The van der Waals surface area contributed by atoms with Gasteiger partial charge >= 0.3 is 6.03 Å². The molecule has 2 amide bonds. The minimum atomic E-state index is -0.459. The summed E-state index contributed by atoms with van der Waals surface area (Å²) in [4.78, 5) is 24.6. The number of carbonyl (C=O) groups is 2. The van der Waals surface area contributed by atoms with Gasteiger partial charge in [-0.3, -0.25) is 4.79 Å². The number of rotatable bonds is 5. The highest BCUT2D eigenvalue weighted by atomic mass is 16.2. The first-order valence-electron chi connectivity index (χ1n) is 9.82. The van der Waals surface area contributed by atoms with Crippen molar-refractivity contribution in [3.05, 3.63) is 59.3 Å². The van der Waals surface area contributed by atoms with Gasteiger partial charge in [0, 0.05) is 39.7 Å². The Hall–Kier alpha value is -3.08. The first-order chi connectivity index (χ1) is 13.5. The van der Waals surface area contributed by atoms with Gasteiger partial charge in [0.25, 0.3) is 0 Å². The summed E-state index contributed by atoms with van der Waals surface area (Å²) in [6, 6.07) is 13.8. The van der Waals surface area contributed by atoms with E-state index in [1.54, 1.807) is 13.8 Å². The van der Waals surface area contributed by atoms with E-state index < -0.39 is 6.04 Å². The third-order valence-electron chi connectivity index (χ3n) is 5.52. The molecule has 0 radical (unpaired) electrons. The van der Waals surface area contributed by atoms with Crippen LogP contribution in [0.4, 0.5) is 4.79 Å². The standard InChI is InChI=1S/C23H25N3O2/c1-4-5-13-26-19-12-7-6-9-16(19)17-10-8-11-18(22(17)26)21-20(15(3)27)14(2)24-23(28)25-21/h6-12,21H,4-5,13H2,1-3H3,(H2,24,25,28). The van der Waals surface area contributed by atoms with Crippen LogP contribution in [0.1, 0.15) is 45.2 Å². The normalized spacial score (nSPS) is 17.1. The van der Waals surface area contributed by atoms with Crippen molar-refractivity contribution in [1.29, 1.82) is 0 Å². The van der Waals surface area contributed by atoms with Crippen molar-refractivity contribution in [2.24, 2.45) is 0 Å². The van der Waals surface area contributed by atoms with Crippen molar-refractivity contribution in [3.63, 3.8) is 0 Å². The molecule has 5 nitrogen and oxygen atoms in total. The molecule has 0 saturated carbocycles. The molecular formula is C23H25N3O2. The molecule has 1 aromatic heterocycles. The zero-order valence-corrected chi connectivity index (χ0v) is 16.5. The summed E-state index contributed by atoms with van der Waals surface area (Å²) in [5, 5.41) is 8.05. The van der Waals surface area contributed by atoms with Crippen molar-refractivity contribution in [2.75, 3.05) is 0 Å². The van der Waals surface area contributed by atoms with Crippen molar-refractivity contribution in [1.82, 2.24) is 15.2 Å². The summed E-state index contributed by atoms with van der Waals surface area (Å²) < 4.78 is 2.34. The summed E-state index contributed by atoms with van der Waals surface area (Å²) >= 11 is 0. The molecule has 1 aliphatic heterocycles. The third kappa shape index (κ3) is 2.87. The average molecular weight is 375 g/mol. The Morgan fingerprint density at radius 3 is 2.61 bits per heavy atom. The van der Waals surface area contributed by atoms with E-state index in [1.165, 1.54) is 10.9 Å². The molecule has 0 aliphatic carbocycles. The zero-order valence-electron chi connectivity index (χ0n) is 16.5. The van der Waals surface area contributed by atoms with Crippen molar-refractivity contribution in [3.8, 4) is 0 Å². The number of amides is 2. The maximum Gasteiger partial charge on any atom is 0.319 e. The van der Waals surface area contributed by atoms with Gasteiger partial charge in [0.1, 0.15) is 0 Å². The number of hydrogen-bond acceptors (Lipinski definition) is 2. The molecule has 5 heteroatoms. The molecule has 1 atom stereocenters. The molecule has 2 N–H and O–H groups in total. The summed E-state index contributed by atoms with van der Waals surface area (Å²) in [5.41, 5.74) is 4.47. The largest absolute Gasteiger partial charge is 0.340 e. The first-order valence-corrected chi connectivity index (χ1v) is 9.82. The number of fused-ring (bicyclic) bond motifs is 3. The molecule has 0 spiro atoms. The Kier molecular flexibility index (Phi) is 4.67. The lowest BCUT2D eigenvalue weighted by Gasteiger charge is -2.29. The highest BCUT2D eigenvalue weighted by Crippen LogP contribution is 2.37. The summed E-state index contributed by atoms with van der Waals surface area (Å²) in [6.07, 6.45) is 2.16. The van der Waals surface area contributed by atoms with Crippen LogP contribution in [0.2, 0.25) is 0 Å². The highest BCUT2D eigenvalue weighted by Gasteiger charge is 2.31. The monoisotopic (exact) mass is 375 g/mol. The Bertz CT molecular complexity index is 1120. The molecule has 28 heavy (non-hydrogen) atoms. The van der Waals surface area contributed by atoms with Gasteiger partial charge in [0.15, 0.2) is 5.78 Å². The van der Waals surface area contributed by atoms with E-state index in [1.807, 2.05) is 12.1 Å². The Labute approximate surface area is 164 Å². The molecule has 0 bridgehead atoms. The van der Waals surface area contributed by atoms with E-state index in [0.29, 0.717) is 11.3 Å². The maximum absolute atomic E-state index is 12.4. The topological polar surface area (TPSA) is 63.1 Å². The SMILES string of the molecule is CCCCn1c2ccccc2c2cccc(C3NC(=O)NC(C)=C3C(C)=O)c21. The Balaban J connectivity index is 2.03. The van der Waals surface area contributed by atoms with Crippen LogP contribution in [0, 0.1) is 0 Å². The van der Waals surface area contributed by atoms with Crippen LogP contribution in [0.3, 0.4) is 0 Å². The van der Waals surface area contributed by atoms with Gasteiger partial charge in [0.2, 0.25) is 0 Å². The quantitative estimate of drug-likeness (QED) is 0.672. The molecule has 1 unspecified atom stereocenters. The molecule has 2 heterocycles. The van der Waals surface area contributed by atoms with E-state index in [0.717, 1.165) is 35.9 Å². The van der Waals surface area contributed by atoms with E-state index in [2.05, 4.69) is 52.5 Å². The maximum atomic E-state index is 12.4. The van der Waals surface area contributed by atoms with E-state index in [9.17, 15) is 9.59 Å². The number of ketones is 1. The van der Waals surface area contributed by atoms with Gasteiger partial charge in [-0.1, -0.05) is 49.7 Å². The number of urea groups is 1. The molecule has 2 aromatic carbocycles. The zero-order chi connectivity index (χ0) is 19.8. The molecule has 0 saturated heterocycles. The number of benzene rings is 2. The van der Waals surface area contributed by atoms with Gasteiger partial charge in [-0.05, 0) is 26.3 Å². The molecule has 4 rings (SSSR count). The smallest absolute Gasteiger partial charge is 0.319 e. The number of allylic oxidation sites excluding steroid dienone is 1. The van der Waals surface area contributed by atoms with E-state index in [-0.39, 0.29) is 11.8 Å². The first kappa shape index (κ1) is 18.3. The van der Waals surface area contributed by atoms with Crippen LogP contribution in [-0.2, 0) is 11.3 Å². The molecule has 144 valence electrons. The second kappa shape index (κ2) is 7.15. The van der Waals surface area contributed by atoms with Gasteiger partial charge in [0.05, 0.1) is 11.6 Å². The molecular weight excluding hydrogens is 350 g/mol. The molecule has 1 aliphatic rings. The van der Waals surface area contributed by atoms with Gasteiger partial charge in [-0.25, -0.2) is 4.79 Å². The predicted octanol–water partition coefficient (Wildman–Crippen LogP) is 4.81. The summed E-state index contributed by atoms with van der Waals surface area (Å²) in [5.74, 6) is -0.0387. The van der Waals surface area contributed by atoms with E-state index in [4.69, 9.17) is 0 Å². The van der Waals surface area contributed by atoms with Crippen LogP contribution in [-0.4, -0.2) is 16.4 Å². The fourth-order valence-electron chi connectivity index (χ4n) is 4.31. The number of hydrogen-bond donors (Lipinski definition) is 2. The average Bonchev–Trinajstić information content (AvgIpc) is 2.99. The van der Waals surface area contributed by atoms with Gasteiger partial charge in [-0.15, -0.1) is 0 Å². The number of para-hydroxylation sites is 2. The van der Waals surface area contributed by atoms with E-state index >= 15 is 0 Å². The Morgan fingerprint density at radius 1 is 1.11 bits per heavy atom. The van der Waals surface area contributed by atoms with Crippen LogP contribution >= 0.6 is 0 Å². The number of unbranched alkanes of at least 4 members (excludes halogenated alkanes) is 1. The lowest BCUT2D eigenvalue weighted by Crippen LogP contribution is -2.44. The predicted molar refractivity (Wildman–Crippen MR) is 112 cm³/mol. The fourth-order valence-corrected chi connectivity index (χ4v) is 4.31. The second-order valence-corrected chi connectivity index (χ2v) is 7.39. The molecule has 0 fully saturated rings. The lowest BCUT2D eigenvalue weighted by molar-refractivity contribution is -0.114. The fraction of sp³-hybridized carbons (Fsp3) is 0.304. The second-order valence-electron chi connectivity index (χ2n) is 7.39. The number of aromatic nitrogens is 1. The van der Waals surface area contributed by atoms with Crippen LogP contribution in [0.15, 0.2) is 53.7 Å². The minimum absolute atomic E-state index is 0.0387. The van der Waals surface area contributed by atoms with Crippen LogP contribution < -0.4 is 10.6 Å².